The van der Waals surface area contributed by atoms with Gasteiger partial charge in [0.05, 0.1) is 11.4 Å². The summed E-state index contributed by atoms with van der Waals surface area (Å²) in [7, 11) is 5.22. The lowest BCUT2D eigenvalue weighted by Gasteiger charge is -2.13. The third kappa shape index (κ3) is 2.40. The Hall–Kier alpha value is -1.27. The van der Waals surface area contributed by atoms with Crippen molar-refractivity contribution >= 4 is 28.1 Å². The van der Waals surface area contributed by atoms with Gasteiger partial charge in [0, 0.05) is 26.8 Å². The molecule has 6 heteroatoms. The van der Waals surface area contributed by atoms with Gasteiger partial charge in [-0.15, -0.1) is 0 Å². The Morgan fingerprint density at radius 1 is 1.07 bits per heavy atom. The van der Waals surface area contributed by atoms with Crippen LogP contribution in [-0.2, 0) is 11.1 Å². The van der Waals surface area contributed by atoms with Crippen LogP contribution in [0.1, 0.15) is 0 Å². The first-order valence-electron chi connectivity index (χ1n) is 4.46. The maximum atomic E-state index is 11.2. The standard InChI is InChI=1S/C9H15N3O2S/c1-10-6-4-7(11-2)9(15(13)14)8(5-6)12-3/h4-5,10-12H,1-3H3,(H,13,14). The number of hydrogen-bond donors (Lipinski definition) is 4. The van der Waals surface area contributed by atoms with Gasteiger partial charge in [-0.2, -0.15) is 0 Å². The summed E-state index contributed by atoms with van der Waals surface area (Å²) in [5, 5.41) is 8.77. The van der Waals surface area contributed by atoms with Crippen LogP contribution in [0.2, 0.25) is 0 Å². The summed E-state index contributed by atoms with van der Waals surface area (Å²) in [5.74, 6) is 0. The molecule has 4 N–H and O–H groups in total. The molecule has 0 bridgehead atoms. The molecule has 0 aliphatic carbocycles. The number of nitrogens with one attached hydrogen (secondary N) is 3. The van der Waals surface area contributed by atoms with E-state index in [-0.39, 0.29) is 0 Å². The van der Waals surface area contributed by atoms with Crippen molar-refractivity contribution in [1.82, 2.24) is 0 Å². The van der Waals surface area contributed by atoms with Gasteiger partial charge in [-0.1, -0.05) is 0 Å². The summed E-state index contributed by atoms with van der Waals surface area (Å²) in [4.78, 5) is 0.360. The van der Waals surface area contributed by atoms with Gasteiger partial charge >= 0.3 is 0 Å². The third-order valence-corrected chi connectivity index (χ3v) is 2.88. The Bertz CT molecular complexity index is 357. The first-order chi connectivity index (χ1) is 7.13. The smallest absolute Gasteiger partial charge is 0.190 e. The molecule has 84 valence electrons. The normalized spacial score (nSPS) is 12.0. The molecule has 0 heterocycles. The van der Waals surface area contributed by atoms with Crippen LogP contribution in [-0.4, -0.2) is 29.9 Å². The minimum atomic E-state index is -2.01. The average molecular weight is 229 g/mol. The van der Waals surface area contributed by atoms with Crippen LogP contribution in [0.25, 0.3) is 0 Å². The molecule has 1 rings (SSSR count). The van der Waals surface area contributed by atoms with E-state index in [1.807, 2.05) is 0 Å². The number of benzene rings is 1. The number of rotatable bonds is 4. The molecule has 0 aliphatic rings. The highest BCUT2D eigenvalue weighted by Gasteiger charge is 2.13. The van der Waals surface area contributed by atoms with E-state index in [0.717, 1.165) is 5.69 Å². The molecule has 0 aliphatic heterocycles. The molecule has 0 saturated heterocycles. The first kappa shape index (κ1) is 11.8. The number of hydrogen-bond acceptors (Lipinski definition) is 4. The van der Waals surface area contributed by atoms with Crippen molar-refractivity contribution < 1.29 is 8.76 Å². The summed E-state index contributed by atoms with van der Waals surface area (Å²) in [6, 6.07) is 3.56. The highest BCUT2D eigenvalue weighted by atomic mass is 32.2. The molecule has 0 fully saturated rings. The Morgan fingerprint density at radius 2 is 1.53 bits per heavy atom. The van der Waals surface area contributed by atoms with Crippen LogP contribution in [0.4, 0.5) is 17.1 Å². The average Bonchev–Trinajstić information content (AvgIpc) is 2.26. The molecule has 15 heavy (non-hydrogen) atoms. The van der Waals surface area contributed by atoms with Crippen molar-refractivity contribution in [3.8, 4) is 0 Å². The van der Waals surface area contributed by atoms with Gasteiger partial charge in [0.2, 0.25) is 0 Å². The maximum absolute atomic E-state index is 11.2. The second-order valence-electron chi connectivity index (χ2n) is 2.90. The predicted octanol–water partition coefficient (Wildman–Crippen LogP) is 1.39. The molecular formula is C9H15N3O2S. The first-order valence-corrected chi connectivity index (χ1v) is 5.56. The molecule has 0 aromatic heterocycles. The molecule has 0 amide bonds. The van der Waals surface area contributed by atoms with Crippen molar-refractivity contribution in [2.24, 2.45) is 0 Å². The van der Waals surface area contributed by atoms with E-state index < -0.39 is 11.1 Å². The molecule has 0 radical (unpaired) electrons. The second kappa shape index (κ2) is 4.99. The van der Waals surface area contributed by atoms with E-state index in [0.29, 0.717) is 16.3 Å². The molecule has 1 atom stereocenters. The molecule has 1 aromatic rings. The molecule has 5 nitrogen and oxygen atoms in total. The zero-order chi connectivity index (χ0) is 11.4. The summed E-state index contributed by atoms with van der Waals surface area (Å²) >= 11 is -2.01. The van der Waals surface area contributed by atoms with Gasteiger partial charge < -0.3 is 20.5 Å². The molecule has 1 aromatic carbocycles. The fourth-order valence-electron chi connectivity index (χ4n) is 1.33. The van der Waals surface area contributed by atoms with Crippen molar-refractivity contribution in [1.29, 1.82) is 0 Å². The minimum Gasteiger partial charge on any atom is -0.388 e. The molecule has 1 unspecified atom stereocenters. The summed E-state index contributed by atoms with van der Waals surface area (Å²) in [6.07, 6.45) is 0. The van der Waals surface area contributed by atoms with Crippen molar-refractivity contribution in [3.63, 3.8) is 0 Å². The third-order valence-electron chi connectivity index (χ3n) is 2.09. The van der Waals surface area contributed by atoms with Gasteiger partial charge in [0.15, 0.2) is 11.1 Å². The van der Waals surface area contributed by atoms with E-state index in [1.54, 1.807) is 33.3 Å². The minimum absolute atomic E-state index is 0.360. The monoisotopic (exact) mass is 229 g/mol. The van der Waals surface area contributed by atoms with Crippen molar-refractivity contribution in [2.75, 3.05) is 37.1 Å². The second-order valence-corrected chi connectivity index (χ2v) is 3.81. The lowest BCUT2D eigenvalue weighted by molar-refractivity contribution is 0.565. The van der Waals surface area contributed by atoms with E-state index in [2.05, 4.69) is 16.0 Å². The van der Waals surface area contributed by atoms with Gasteiger partial charge in [-0.05, 0) is 12.1 Å². The van der Waals surface area contributed by atoms with Crippen LogP contribution in [0, 0.1) is 0 Å². The van der Waals surface area contributed by atoms with Gasteiger partial charge in [-0.25, -0.2) is 4.21 Å². The Balaban J connectivity index is 3.39. The maximum Gasteiger partial charge on any atom is 0.190 e. The van der Waals surface area contributed by atoms with Gasteiger partial charge in [0.1, 0.15) is 4.90 Å². The molecule has 0 saturated carbocycles. The summed E-state index contributed by atoms with van der Waals surface area (Å²) < 4.78 is 20.4. The van der Waals surface area contributed by atoms with E-state index in [9.17, 15) is 8.76 Å². The van der Waals surface area contributed by atoms with Crippen molar-refractivity contribution in [2.45, 2.75) is 4.90 Å². The molecular weight excluding hydrogens is 214 g/mol. The highest BCUT2D eigenvalue weighted by Crippen LogP contribution is 2.31. The largest absolute Gasteiger partial charge is 0.388 e. The van der Waals surface area contributed by atoms with Crippen LogP contribution in [0.15, 0.2) is 17.0 Å². The summed E-state index contributed by atoms with van der Waals surface area (Å²) in [6.45, 7) is 0. The quantitative estimate of drug-likeness (QED) is 0.587. The SMILES string of the molecule is CNc1cc(NC)c(S(=O)O)c(NC)c1. The van der Waals surface area contributed by atoms with E-state index in [4.69, 9.17) is 0 Å². The molecule has 0 spiro atoms. The Labute approximate surface area is 91.6 Å². The fourth-order valence-corrected chi connectivity index (χ4v) is 2.03. The lowest BCUT2D eigenvalue weighted by atomic mass is 10.2. The van der Waals surface area contributed by atoms with Crippen LogP contribution < -0.4 is 16.0 Å². The van der Waals surface area contributed by atoms with Crippen LogP contribution >= 0.6 is 0 Å². The topological polar surface area (TPSA) is 73.4 Å². The fraction of sp³-hybridized carbons (Fsp3) is 0.333. The Kier molecular flexibility index (Phi) is 3.93. The zero-order valence-electron chi connectivity index (χ0n) is 8.92. The zero-order valence-corrected chi connectivity index (χ0v) is 9.73. The summed E-state index contributed by atoms with van der Waals surface area (Å²) in [5.41, 5.74) is 2.14. The van der Waals surface area contributed by atoms with Gasteiger partial charge in [0.25, 0.3) is 0 Å². The van der Waals surface area contributed by atoms with E-state index in [1.165, 1.54) is 0 Å². The lowest BCUT2D eigenvalue weighted by Crippen LogP contribution is -2.04. The Morgan fingerprint density at radius 3 is 1.80 bits per heavy atom. The number of anilines is 3. The van der Waals surface area contributed by atoms with E-state index >= 15 is 0 Å². The van der Waals surface area contributed by atoms with Gasteiger partial charge in [-0.3, -0.25) is 0 Å². The van der Waals surface area contributed by atoms with Crippen molar-refractivity contribution in [3.05, 3.63) is 12.1 Å². The van der Waals surface area contributed by atoms with Crippen LogP contribution in [0.3, 0.4) is 0 Å². The predicted molar refractivity (Wildman–Crippen MR) is 64.1 cm³/mol. The highest BCUT2D eigenvalue weighted by molar-refractivity contribution is 7.79. The van der Waals surface area contributed by atoms with Crippen LogP contribution in [0.5, 0.6) is 0 Å².